The van der Waals surface area contributed by atoms with Gasteiger partial charge in [-0.05, 0) is 67.3 Å². The molecule has 226 valence electrons. The molecule has 0 aliphatic carbocycles. The van der Waals surface area contributed by atoms with Crippen LogP contribution in [0.3, 0.4) is 0 Å². The number of hydrogen-bond donors (Lipinski definition) is 0. The number of carbonyl (C=O) groups is 2. The minimum atomic E-state index is -0.425. The zero-order valence-electron chi connectivity index (χ0n) is 25.9. The van der Waals surface area contributed by atoms with Gasteiger partial charge in [0.1, 0.15) is 11.5 Å². The smallest absolute Gasteiger partial charge is 0.343 e. The van der Waals surface area contributed by atoms with Gasteiger partial charge in [0.25, 0.3) is 0 Å². The van der Waals surface area contributed by atoms with Crippen molar-refractivity contribution in [2.45, 2.75) is 111 Å². The molecule has 0 amide bonds. The van der Waals surface area contributed by atoms with Gasteiger partial charge in [0.2, 0.25) is 0 Å². The Balaban J connectivity index is 1.64. The average Bonchev–Trinajstić information content (AvgIpc) is 2.99. The summed E-state index contributed by atoms with van der Waals surface area (Å²) < 4.78 is 16.7. The first kappa shape index (κ1) is 34.1. The molecule has 2 rings (SSSR count). The first-order valence-electron chi connectivity index (χ1n) is 15.8. The van der Waals surface area contributed by atoms with Crippen LogP contribution >= 0.6 is 0 Å². The predicted molar refractivity (Wildman–Crippen MR) is 168 cm³/mol. The topological polar surface area (TPSA) is 61.8 Å². The lowest BCUT2D eigenvalue weighted by Crippen LogP contribution is -2.12. The van der Waals surface area contributed by atoms with Crippen molar-refractivity contribution in [3.8, 4) is 11.5 Å². The van der Waals surface area contributed by atoms with Gasteiger partial charge in [-0.15, -0.1) is 0 Å². The van der Waals surface area contributed by atoms with Crippen molar-refractivity contribution in [3.05, 3.63) is 65.2 Å². The minimum absolute atomic E-state index is 0.317. The molecule has 0 fully saturated rings. The number of unbranched alkanes of at least 4 members (excludes halogenated alkanes) is 11. The molecular formula is C36H52O5. The standard InChI is InChI=1S/C36H52O5/c1-5-7-8-9-10-11-12-13-14-15-16-17-26-39-33-24-20-32(21-25-33)36(38)41-34-22-18-31(19-23-34)27-30(4)35(37)40-28-29(3)6-2/h18-25,27,29H,5-17,26,28H2,1-4H3/t29-/m0/s1. The molecule has 2 aromatic rings. The fourth-order valence-electron chi connectivity index (χ4n) is 4.38. The van der Waals surface area contributed by atoms with Crippen LogP contribution in [0.5, 0.6) is 11.5 Å². The maximum absolute atomic E-state index is 12.6. The van der Waals surface area contributed by atoms with Gasteiger partial charge in [-0.1, -0.05) is 110 Å². The number of hydrogen-bond acceptors (Lipinski definition) is 5. The second-order valence-electron chi connectivity index (χ2n) is 11.2. The van der Waals surface area contributed by atoms with E-state index in [0.717, 1.165) is 24.2 Å². The molecule has 5 nitrogen and oxygen atoms in total. The summed E-state index contributed by atoms with van der Waals surface area (Å²) in [5.41, 5.74) is 1.82. The van der Waals surface area contributed by atoms with Gasteiger partial charge in [-0.25, -0.2) is 9.59 Å². The van der Waals surface area contributed by atoms with Crippen LogP contribution in [0, 0.1) is 5.92 Å². The third-order valence-electron chi connectivity index (χ3n) is 7.35. The number of esters is 2. The Morgan fingerprint density at radius 3 is 1.83 bits per heavy atom. The van der Waals surface area contributed by atoms with Gasteiger partial charge in [0.15, 0.2) is 0 Å². The van der Waals surface area contributed by atoms with E-state index in [1.54, 1.807) is 49.4 Å². The van der Waals surface area contributed by atoms with Gasteiger partial charge >= 0.3 is 11.9 Å². The molecule has 0 saturated heterocycles. The van der Waals surface area contributed by atoms with E-state index in [-0.39, 0.29) is 5.97 Å². The number of rotatable bonds is 21. The molecule has 0 saturated carbocycles. The van der Waals surface area contributed by atoms with Crippen molar-refractivity contribution < 1.29 is 23.8 Å². The van der Waals surface area contributed by atoms with E-state index in [1.807, 2.05) is 12.1 Å². The Labute approximate surface area is 248 Å². The Hall–Kier alpha value is -3.08. The predicted octanol–water partition coefficient (Wildman–Crippen LogP) is 9.98. The van der Waals surface area contributed by atoms with E-state index in [0.29, 0.717) is 36.0 Å². The van der Waals surface area contributed by atoms with Crippen LogP contribution < -0.4 is 9.47 Å². The van der Waals surface area contributed by atoms with Crippen LogP contribution in [-0.4, -0.2) is 25.2 Å². The monoisotopic (exact) mass is 564 g/mol. The van der Waals surface area contributed by atoms with Gasteiger partial charge < -0.3 is 14.2 Å². The minimum Gasteiger partial charge on any atom is -0.494 e. The summed E-state index contributed by atoms with van der Waals surface area (Å²) in [4.78, 5) is 24.7. The molecule has 0 radical (unpaired) electrons. The first-order chi connectivity index (χ1) is 19.9. The summed E-state index contributed by atoms with van der Waals surface area (Å²) in [5, 5.41) is 0. The molecule has 0 bridgehead atoms. The Bertz CT molecular complexity index is 1020. The molecule has 0 N–H and O–H groups in total. The summed E-state index contributed by atoms with van der Waals surface area (Å²) in [7, 11) is 0. The molecule has 2 aromatic carbocycles. The fourth-order valence-corrected chi connectivity index (χ4v) is 4.38. The van der Waals surface area contributed by atoms with E-state index in [9.17, 15) is 9.59 Å². The summed E-state index contributed by atoms with van der Waals surface area (Å²) in [5.74, 6) is 0.802. The zero-order valence-corrected chi connectivity index (χ0v) is 25.9. The summed E-state index contributed by atoms with van der Waals surface area (Å²) in [6, 6.07) is 14.1. The highest BCUT2D eigenvalue weighted by molar-refractivity contribution is 5.93. The van der Waals surface area contributed by atoms with Gasteiger partial charge in [-0.2, -0.15) is 0 Å². The highest BCUT2D eigenvalue weighted by Crippen LogP contribution is 2.19. The summed E-state index contributed by atoms with van der Waals surface area (Å²) >= 11 is 0. The Morgan fingerprint density at radius 2 is 1.27 bits per heavy atom. The molecule has 0 aliphatic heterocycles. The lowest BCUT2D eigenvalue weighted by Gasteiger charge is -2.10. The zero-order chi connectivity index (χ0) is 29.7. The molecule has 0 unspecified atom stereocenters. The van der Waals surface area contributed by atoms with Crippen molar-refractivity contribution >= 4 is 18.0 Å². The van der Waals surface area contributed by atoms with Crippen molar-refractivity contribution in [1.82, 2.24) is 0 Å². The average molecular weight is 565 g/mol. The number of benzene rings is 2. The van der Waals surface area contributed by atoms with Crippen LogP contribution in [-0.2, 0) is 9.53 Å². The summed E-state index contributed by atoms with van der Waals surface area (Å²) in [6.45, 7) is 9.23. The van der Waals surface area contributed by atoms with Crippen molar-refractivity contribution in [2.24, 2.45) is 5.92 Å². The molecule has 41 heavy (non-hydrogen) atoms. The van der Waals surface area contributed by atoms with Crippen molar-refractivity contribution in [2.75, 3.05) is 13.2 Å². The van der Waals surface area contributed by atoms with Crippen molar-refractivity contribution in [1.29, 1.82) is 0 Å². The van der Waals surface area contributed by atoms with E-state index < -0.39 is 5.97 Å². The van der Waals surface area contributed by atoms with Crippen LogP contribution in [0.2, 0.25) is 0 Å². The van der Waals surface area contributed by atoms with Gasteiger partial charge in [0.05, 0.1) is 18.8 Å². The molecule has 1 atom stereocenters. The molecule has 0 aliphatic rings. The molecule has 0 spiro atoms. The fraction of sp³-hybridized carbons (Fsp3) is 0.556. The number of ether oxygens (including phenoxy) is 3. The van der Waals surface area contributed by atoms with Gasteiger partial charge in [0, 0.05) is 5.57 Å². The molecule has 0 heterocycles. The first-order valence-corrected chi connectivity index (χ1v) is 15.8. The quantitative estimate of drug-likeness (QED) is 0.0653. The van der Waals surface area contributed by atoms with Crippen LogP contribution in [0.1, 0.15) is 127 Å². The molecule has 0 aromatic heterocycles. The lowest BCUT2D eigenvalue weighted by atomic mass is 10.1. The van der Waals surface area contributed by atoms with Crippen LogP contribution in [0.4, 0.5) is 0 Å². The molecular weight excluding hydrogens is 512 g/mol. The van der Waals surface area contributed by atoms with E-state index in [2.05, 4.69) is 20.8 Å². The second kappa shape index (κ2) is 20.7. The molecule has 5 heteroatoms. The third-order valence-corrected chi connectivity index (χ3v) is 7.35. The lowest BCUT2D eigenvalue weighted by molar-refractivity contribution is -0.140. The number of carbonyl (C=O) groups excluding carboxylic acids is 2. The Morgan fingerprint density at radius 1 is 0.732 bits per heavy atom. The van der Waals surface area contributed by atoms with E-state index >= 15 is 0 Å². The van der Waals surface area contributed by atoms with E-state index in [1.165, 1.54) is 70.6 Å². The maximum Gasteiger partial charge on any atom is 0.343 e. The third kappa shape index (κ3) is 14.9. The van der Waals surface area contributed by atoms with Crippen molar-refractivity contribution in [3.63, 3.8) is 0 Å². The highest BCUT2D eigenvalue weighted by atomic mass is 16.5. The largest absolute Gasteiger partial charge is 0.494 e. The Kier molecular flexibility index (Phi) is 17.3. The van der Waals surface area contributed by atoms with Crippen LogP contribution in [0.25, 0.3) is 6.08 Å². The highest BCUT2D eigenvalue weighted by Gasteiger charge is 2.11. The maximum atomic E-state index is 12.6. The van der Waals surface area contributed by atoms with Crippen LogP contribution in [0.15, 0.2) is 54.1 Å². The SMILES string of the molecule is CCCCCCCCCCCCCCOc1ccc(C(=O)Oc2ccc(C=C(C)C(=O)OC[C@@H](C)CC)cc2)cc1. The van der Waals surface area contributed by atoms with E-state index in [4.69, 9.17) is 14.2 Å². The summed E-state index contributed by atoms with van der Waals surface area (Å²) in [6.07, 6.45) is 18.6. The normalized spacial score (nSPS) is 12.1. The van der Waals surface area contributed by atoms with Gasteiger partial charge in [-0.3, -0.25) is 0 Å². The second-order valence-corrected chi connectivity index (χ2v) is 11.2.